The van der Waals surface area contributed by atoms with Crippen LogP contribution in [0.2, 0.25) is 0 Å². The highest BCUT2D eigenvalue weighted by atomic mass is 32.1. The summed E-state index contributed by atoms with van der Waals surface area (Å²) in [4.78, 5) is 14.8. The predicted molar refractivity (Wildman–Crippen MR) is 116 cm³/mol. The van der Waals surface area contributed by atoms with Gasteiger partial charge in [0.2, 0.25) is 5.13 Å². The molecule has 0 aliphatic rings. The fourth-order valence-electron chi connectivity index (χ4n) is 2.79. The third-order valence-electron chi connectivity index (χ3n) is 4.21. The first-order valence-electron chi connectivity index (χ1n) is 8.43. The van der Waals surface area contributed by atoms with Gasteiger partial charge in [-0.2, -0.15) is 5.26 Å². The number of nitrogens with zero attached hydrogens (tertiary/aromatic N) is 5. The van der Waals surface area contributed by atoms with Gasteiger partial charge in [0.15, 0.2) is 0 Å². The van der Waals surface area contributed by atoms with Gasteiger partial charge in [0, 0.05) is 17.7 Å². The summed E-state index contributed by atoms with van der Waals surface area (Å²) in [6.45, 7) is 0. The van der Waals surface area contributed by atoms with Gasteiger partial charge in [-0.05, 0) is 23.8 Å². The topological polar surface area (TPSA) is 140 Å². The maximum Gasteiger partial charge on any atom is 0.270 e. The number of rotatable bonds is 5. The van der Waals surface area contributed by atoms with E-state index in [-0.39, 0.29) is 5.69 Å². The van der Waals surface area contributed by atoms with Crippen molar-refractivity contribution in [1.29, 1.82) is 5.26 Å². The van der Waals surface area contributed by atoms with Crippen molar-refractivity contribution in [2.45, 2.75) is 0 Å². The molecule has 0 radical (unpaired) electrons. The molecule has 4 aromatic rings. The third kappa shape index (κ3) is 3.57. The number of hydrogen-bond acceptors (Lipinski definition) is 10. The van der Waals surface area contributed by atoms with E-state index in [1.165, 1.54) is 23.5 Å². The number of anilines is 1. The summed E-state index contributed by atoms with van der Waals surface area (Å²) in [7, 11) is 1.57. The minimum Gasteiger partial charge on any atom is -0.497 e. The highest BCUT2D eigenvalue weighted by molar-refractivity contribution is 7.22. The van der Waals surface area contributed by atoms with Gasteiger partial charge in [-0.15, -0.1) is 10.2 Å². The molecule has 0 bridgehead atoms. The summed E-state index contributed by atoms with van der Waals surface area (Å²) in [6, 6.07) is 13.7. The van der Waals surface area contributed by atoms with E-state index in [0.717, 1.165) is 16.9 Å². The van der Waals surface area contributed by atoms with E-state index in [2.05, 4.69) is 21.3 Å². The quantitative estimate of drug-likeness (QED) is 0.238. The second kappa shape index (κ2) is 7.86. The number of nitro groups is 1. The van der Waals surface area contributed by atoms with Crippen molar-refractivity contribution in [3.63, 3.8) is 0 Å². The average molecular weight is 436 g/mol. The van der Waals surface area contributed by atoms with E-state index in [0.29, 0.717) is 42.2 Å². The molecule has 9 nitrogen and oxygen atoms in total. The Kier molecular flexibility index (Phi) is 5.09. The number of azo groups is 1. The minimum atomic E-state index is -0.459. The van der Waals surface area contributed by atoms with Crippen LogP contribution in [0.5, 0.6) is 5.75 Å². The number of aromatic nitrogens is 1. The molecule has 0 fully saturated rings. The Morgan fingerprint density at radius 2 is 1.97 bits per heavy atom. The molecule has 0 unspecified atom stereocenters. The Labute approximate surface area is 177 Å². The van der Waals surface area contributed by atoms with Gasteiger partial charge < -0.3 is 10.5 Å². The highest BCUT2D eigenvalue weighted by Crippen LogP contribution is 2.45. The monoisotopic (exact) mass is 436 g/mol. The molecule has 0 saturated carbocycles. The van der Waals surface area contributed by atoms with Crippen LogP contribution in [0.25, 0.3) is 21.3 Å². The zero-order valence-corrected chi connectivity index (χ0v) is 17.0. The average Bonchev–Trinajstić information content (AvgIpc) is 3.31. The van der Waals surface area contributed by atoms with E-state index < -0.39 is 4.92 Å². The lowest BCUT2D eigenvalue weighted by Gasteiger charge is -2.03. The van der Waals surface area contributed by atoms with Crippen molar-refractivity contribution in [3.8, 4) is 22.9 Å². The standard InChI is InChI=1S/C19H12N6O3S2/c1-28-12-5-2-10(3-6-12)16-13(9-20)17(21)30-18(16)23-24-19-22-14-7-4-11(25(26)27)8-15(14)29-19/h2-8H,21H2,1H3/b24-23+. The largest absolute Gasteiger partial charge is 0.497 e. The van der Waals surface area contributed by atoms with Crippen LogP contribution in [0.3, 0.4) is 0 Å². The number of non-ortho nitro benzene ring substituents is 1. The highest BCUT2D eigenvalue weighted by Gasteiger charge is 2.19. The van der Waals surface area contributed by atoms with E-state index in [9.17, 15) is 15.4 Å². The Balaban J connectivity index is 1.74. The fraction of sp³-hybridized carbons (Fsp3) is 0.0526. The third-order valence-corrected chi connectivity index (χ3v) is 6.01. The number of thiophene rings is 1. The summed E-state index contributed by atoms with van der Waals surface area (Å²) in [5.41, 5.74) is 8.27. The second-order valence-electron chi connectivity index (χ2n) is 5.97. The lowest BCUT2D eigenvalue weighted by Crippen LogP contribution is -1.86. The number of nitriles is 1. The molecule has 2 aromatic carbocycles. The fourth-order valence-corrected chi connectivity index (χ4v) is 4.47. The molecule has 2 N–H and O–H groups in total. The minimum absolute atomic E-state index is 0.0128. The van der Waals surface area contributed by atoms with Crippen LogP contribution in [0.1, 0.15) is 5.56 Å². The molecule has 0 amide bonds. The molecular formula is C19H12N6O3S2. The zero-order valence-electron chi connectivity index (χ0n) is 15.4. The summed E-state index contributed by atoms with van der Waals surface area (Å²) in [5, 5.41) is 30.1. The van der Waals surface area contributed by atoms with Gasteiger partial charge in [0.05, 0.1) is 27.8 Å². The number of methoxy groups -OCH3 is 1. The van der Waals surface area contributed by atoms with Crippen LogP contribution < -0.4 is 10.5 Å². The Morgan fingerprint density at radius 3 is 2.63 bits per heavy atom. The molecule has 0 saturated heterocycles. The Bertz CT molecular complexity index is 1340. The molecule has 30 heavy (non-hydrogen) atoms. The first-order valence-corrected chi connectivity index (χ1v) is 10.1. The summed E-state index contributed by atoms with van der Waals surface area (Å²) in [6.07, 6.45) is 0. The van der Waals surface area contributed by atoms with Crippen LogP contribution in [0, 0.1) is 21.4 Å². The molecule has 2 heterocycles. The van der Waals surface area contributed by atoms with Crippen LogP contribution >= 0.6 is 22.7 Å². The van der Waals surface area contributed by atoms with Crippen molar-refractivity contribution in [2.75, 3.05) is 12.8 Å². The number of ether oxygens (including phenoxy) is 1. The number of hydrogen-bond donors (Lipinski definition) is 1. The molecule has 0 aliphatic carbocycles. The molecule has 11 heteroatoms. The maximum absolute atomic E-state index is 10.9. The SMILES string of the molecule is COc1ccc(-c2c(/N=N/c3nc4ccc([N+](=O)[O-])cc4s3)sc(N)c2C#N)cc1. The Hall–Kier alpha value is -3.88. The van der Waals surface area contributed by atoms with Crippen LogP contribution in [0.15, 0.2) is 52.7 Å². The molecule has 0 aliphatic heterocycles. The summed E-state index contributed by atoms with van der Waals surface area (Å²) < 4.78 is 5.81. The molecule has 0 atom stereocenters. The smallest absolute Gasteiger partial charge is 0.270 e. The van der Waals surface area contributed by atoms with E-state index in [1.54, 1.807) is 25.3 Å². The number of nitrogen functional groups attached to an aromatic ring is 1. The maximum atomic E-state index is 10.9. The van der Waals surface area contributed by atoms with E-state index in [1.807, 2.05) is 12.1 Å². The van der Waals surface area contributed by atoms with Gasteiger partial charge in [0.25, 0.3) is 5.69 Å². The zero-order chi connectivity index (χ0) is 21.3. The molecule has 148 valence electrons. The summed E-state index contributed by atoms with van der Waals surface area (Å²) in [5.74, 6) is 0.687. The number of benzene rings is 2. The number of nitro benzene ring substituents is 1. The van der Waals surface area contributed by atoms with Crippen molar-refractivity contribution < 1.29 is 9.66 Å². The van der Waals surface area contributed by atoms with E-state index in [4.69, 9.17) is 10.5 Å². The number of nitrogens with two attached hydrogens (primary N) is 1. The van der Waals surface area contributed by atoms with Crippen molar-refractivity contribution >= 4 is 53.7 Å². The van der Waals surface area contributed by atoms with E-state index >= 15 is 0 Å². The first kappa shape index (κ1) is 19.4. The second-order valence-corrected chi connectivity index (χ2v) is 8.01. The lowest BCUT2D eigenvalue weighted by molar-refractivity contribution is -0.384. The molecule has 2 aromatic heterocycles. The molecular weight excluding hydrogens is 424 g/mol. The van der Waals surface area contributed by atoms with Gasteiger partial charge in [-0.1, -0.05) is 34.8 Å². The van der Waals surface area contributed by atoms with Gasteiger partial charge >= 0.3 is 0 Å². The van der Waals surface area contributed by atoms with Gasteiger partial charge in [-0.25, -0.2) is 4.98 Å². The van der Waals surface area contributed by atoms with Crippen molar-refractivity contribution in [2.24, 2.45) is 10.2 Å². The van der Waals surface area contributed by atoms with Crippen LogP contribution in [-0.2, 0) is 0 Å². The van der Waals surface area contributed by atoms with Gasteiger partial charge in [0.1, 0.15) is 21.8 Å². The Morgan fingerprint density at radius 1 is 1.20 bits per heavy atom. The lowest BCUT2D eigenvalue weighted by atomic mass is 10.0. The normalized spacial score (nSPS) is 11.1. The van der Waals surface area contributed by atoms with Crippen molar-refractivity contribution in [3.05, 3.63) is 58.1 Å². The van der Waals surface area contributed by atoms with Crippen molar-refractivity contribution in [1.82, 2.24) is 4.98 Å². The van der Waals surface area contributed by atoms with Crippen LogP contribution in [0.4, 0.5) is 20.8 Å². The number of thiazole rings is 1. The molecule has 0 spiro atoms. The molecule has 4 rings (SSSR count). The predicted octanol–water partition coefficient (Wildman–Crippen LogP) is 5.81. The first-order chi connectivity index (χ1) is 14.5. The summed E-state index contributed by atoms with van der Waals surface area (Å²) >= 11 is 2.34. The van der Waals surface area contributed by atoms with Gasteiger partial charge in [-0.3, -0.25) is 10.1 Å². The van der Waals surface area contributed by atoms with Crippen LogP contribution in [-0.4, -0.2) is 17.0 Å². The number of fused-ring (bicyclic) bond motifs is 1.